The number of hydrogen-bond donors (Lipinski definition) is 0. The summed E-state index contributed by atoms with van der Waals surface area (Å²) in [5.74, 6) is 0. The maximum atomic E-state index is 2.42. The standard InChI is InChI=1S/C54H46Si2.C48H30.C40H26/c1-55(2,3)41-25-29-47-39(33-41)21-19-35-31-37(23-27-45(35)47)43-11-7-15-51-49(43)13-9-17-53(51)54-18-10-14-50-44(12-8-16-52(50)54)38-24-28-46-36(32-38)20-22-40-34-42(56(4,5)6)26-30-48(40)46;1-3-11-41-35(9-1)29-47(45-15-7-5-13-43(41)45)37-23-19-31-17-21-33(25-39(31)27-37)34-22-18-32-20-24-38(28-40(32)26-34)48-30-36-10-2-4-12-42(36)44-14-6-8-16-46(44)48;1-3-11-33-31(9-1)25-39(37-15-7-5-13-35(33)37)29-21-17-27(18-22-29)28-19-23-30(24-20-28)40-26-32-10-2-4-12-34(32)36-14-6-8-16-38(36)40/h7-34H,1-6H3;1-30H;1-26H. The Hall–Kier alpha value is -17.2. The summed E-state index contributed by atoms with van der Waals surface area (Å²) in [5, 5.41) is 44.3. The molecule has 28 rings (SSSR count). The first kappa shape index (κ1) is 87.0. The molecule has 0 aliphatic carbocycles. The Morgan fingerprint density at radius 2 is 0.285 bits per heavy atom. The Balaban J connectivity index is 0.000000112. The van der Waals surface area contributed by atoms with Gasteiger partial charge in [-0.15, -0.1) is 0 Å². The van der Waals surface area contributed by atoms with E-state index in [4.69, 9.17) is 0 Å². The molecule has 678 valence electrons. The van der Waals surface area contributed by atoms with Crippen molar-refractivity contribution in [3.63, 3.8) is 0 Å². The van der Waals surface area contributed by atoms with Gasteiger partial charge in [0.1, 0.15) is 0 Å². The Morgan fingerprint density at radius 3 is 0.604 bits per heavy atom. The van der Waals surface area contributed by atoms with Crippen LogP contribution in [-0.4, -0.2) is 16.1 Å². The van der Waals surface area contributed by atoms with E-state index in [1.807, 2.05) is 0 Å². The Kier molecular flexibility index (Phi) is 21.5. The van der Waals surface area contributed by atoms with Crippen LogP contribution in [0.2, 0.25) is 39.3 Å². The third-order valence-corrected chi connectivity index (χ3v) is 34.7. The molecule has 0 fully saturated rings. The van der Waals surface area contributed by atoms with Crippen molar-refractivity contribution in [3.05, 3.63) is 510 Å². The summed E-state index contributed by atoms with van der Waals surface area (Å²) in [7, 11) is -2.76. The molecule has 28 aromatic carbocycles. The molecule has 2 heteroatoms. The van der Waals surface area contributed by atoms with Crippen molar-refractivity contribution in [2.75, 3.05) is 0 Å². The predicted octanol–water partition coefficient (Wildman–Crippen LogP) is 39.6. The second kappa shape index (κ2) is 35.5. The molecule has 144 heavy (non-hydrogen) atoms. The molecule has 0 unspecified atom stereocenters. The highest BCUT2D eigenvalue weighted by molar-refractivity contribution is 6.89. The van der Waals surface area contributed by atoms with Crippen molar-refractivity contribution in [2.45, 2.75) is 39.3 Å². The van der Waals surface area contributed by atoms with E-state index in [0.29, 0.717) is 0 Å². The predicted molar refractivity (Wildman–Crippen MR) is 634 cm³/mol. The van der Waals surface area contributed by atoms with E-state index in [9.17, 15) is 0 Å². The number of benzene rings is 28. The average Bonchev–Trinajstić information content (AvgIpc) is 0.774. The number of hydrogen-bond acceptors (Lipinski definition) is 0. The second-order valence-corrected chi connectivity index (χ2v) is 51.4. The van der Waals surface area contributed by atoms with E-state index in [1.165, 1.54) is 283 Å². The fraction of sp³-hybridized carbons (Fsp3) is 0.0423. The first-order valence-electron chi connectivity index (χ1n) is 50.5. The molecular formula is C142H102Si2. The molecule has 0 radical (unpaired) electrons. The summed E-state index contributed by atoms with van der Waals surface area (Å²) in [6.07, 6.45) is 0. The zero-order chi connectivity index (χ0) is 96.4. The van der Waals surface area contributed by atoms with Crippen LogP contribution in [0.15, 0.2) is 510 Å². The smallest absolute Gasteiger partial charge is 0.0656 e. The third-order valence-electron chi connectivity index (χ3n) is 30.6. The topological polar surface area (TPSA) is 0 Å². The van der Waals surface area contributed by atoms with Gasteiger partial charge in [-0.2, -0.15) is 0 Å². The molecule has 0 bridgehead atoms. The Labute approximate surface area is 841 Å². The maximum Gasteiger partial charge on any atom is 0.0776 e. The van der Waals surface area contributed by atoms with E-state index in [1.54, 1.807) is 0 Å². The fourth-order valence-corrected chi connectivity index (χ4v) is 25.4. The van der Waals surface area contributed by atoms with Crippen molar-refractivity contribution in [1.82, 2.24) is 0 Å². The summed E-state index contributed by atoms with van der Waals surface area (Å²) in [4.78, 5) is 0. The van der Waals surface area contributed by atoms with Crippen molar-refractivity contribution in [2.24, 2.45) is 0 Å². The van der Waals surface area contributed by atoms with Crippen LogP contribution < -0.4 is 10.4 Å². The first-order chi connectivity index (χ1) is 70.6. The fourth-order valence-electron chi connectivity index (χ4n) is 23.0. The third kappa shape index (κ3) is 15.7. The highest BCUT2D eigenvalue weighted by Gasteiger charge is 2.23. The molecular weight excluding hydrogens is 1760 g/mol. The Bertz CT molecular complexity index is 9530. The van der Waals surface area contributed by atoms with Crippen LogP contribution in [0.5, 0.6) is 0 Å². The van der Waals surface area contributed by atoms with Gasteiger partial charge in [-0.3, -0.25) is 0 Å². The number of rotatable bonds is 11. The van der Waals surface area contributed by atoms with Gasteiger partial charge in [-0.25, -0.2) is 0 Å². The van der Waals surface area contributed by atoms with Crippen LogP contribution in [0.25, 0.3) is 273 Å². The van der Waals surface area contributed by atoms with Crippen LogP contribution in [-0.2, 0) is 0 Å². The molecule has 0 saturated heterocycles. The van der Waals surface area contributed by atoms with Gasteiger partial charge in [0.05, 0.1) is 16.1 Å². The van der Waals surface area contributed by atoms with Crippen LogP contribution in [0.3, 0.4) is 0 Å². The van der Waals surface area contributed by atoms with Crippen LogP contribution in [0.1, 0.15) is 0 Å². The van der Waals surface area contributed by atoms with E-state index < -0.39 is 16.1 Å². The highest BCUT2D eigenvalue weighted by atomic mass is 28.3. The van der Waals surface area contributed by atoms with Crippen LogP contribution in [0, 0.1) is 0 Å². The summed E-state index contributed by atoms with van der Waals surface area (Å²) < 4.78 is 0. The molecule has 0 aromatic heterocycles. The normalized spacial score (nSPS) is 12.0. The van der Waals surface area contributed by atoms with Gasteiger partial charge >= 0.3 is 0 Å². The average molecular weight is 1860 g/mol. The van der Waals surface area contributed by atoms with Gasteiger partial charge in [-0.1, -0.05) is 499 Å². The molecule has 0 heterocycles. The molecule has 0 aliphatic heterocycles. The molecule has 28 aromatic rings. The zero-order valence-corrected chi connectivity index (χ0v) is 83.5. The Morgan fingerprint density at radius 1 is 0.0972 bits per heavy atom. The van der Waals surface area contributed by atoms with Gasteiger partial charge in [0.15, 0.2) is 0 Å². The van der Waals surface area contributed by atoms with E-state index >= 15 is 0 Å². The minimum atomic E-state index is -1.38. The zero-order valence-electron chi connectivity index (χ0n) is 81.5. The van der Waals surface area contributed by atoms with Crippen LogP contribution >= 0.6 is 0 Å². The minimum Gasteiger partial charge on any atom is -0.0656 e. The van der Waals surface area contributed by atoms with Gasteiger partial charge in [-0.05, 0) is 333 Å². The van der Waals surface area contributed by atoms with E-state index in [-0.39, 0.29) is 0 Å². The molecule has 0 amide bonds. The summed E-state index contributed by atoms with van der Waals surface area (Å²) in [6, 6.07) is 189. The van der Waals surface area contributed by atoms with Gasteiger partial charge < -0.3 is 0 Å². The number of fused-ring (bicyclic) bond motifs is 22. The second-order valence-electron chi connectivity index (χ2n) is 41.3. The van der Waals surface area contributed by atoms with E-state index in [0.717, 1.165) is 0 Å². The lowest BCUT2D eigenvalue weighted by molar-refractivity contribution is 1.60. The minimum absolute atomic E-state index is 1.23. The molecule has 0 aliphatic rings. The van der Waals surface area contributed by atoms with E-state index in [2.05, 4.69) is 549 Å². The highest BCUT2D eigenvalue weighted by Crippen LogP contribution is 2.47. The first-order valence-corrected chi connectivity index (χ1v) is 57.5. The largest absolute Gasteiger partial charge is 0.0776 e. The molecule has 0 atom stereocenters. The lowest BCUT2D eigenvalue weighted by Crippen LogP contribution is -2.37. The monoisotopic (exact) mass is 1860 g/mol. The van der Waals surface area contributed by atoms with Gasteiger partial charge in [0, 0.05) is 0 Å². The summed E-state index contributed by atoms with van der Waals surface area (Å²) in [5.41, 5.74) is 22.5. The summed E-state index contributed by atoms with van der Waals surface area (Å²) in [6.45, 7) is 14.5. The van der Waals surface area contributed by atoms with Crippen molar-refractivity contribution >= 4 is 199 Å². The maximum absolute atomic E-state index is 2.42. The lowest BCUT2D eigenvalue weighted by atomic mass is 9.88. The quantitative estimate of drug-likeness (QED) is 0.0894. The van der Waals surface area contributed by atoms with Crippen molar-refractivity contribution < 1.29 is 0 Å². The molecule has 0 N–H and O–H groups in total. The van der Waals surface area contributed by atoms with Crippen molar-refractivity contribution in [3.8, 4) is 100 Å². The summed E-state index contributed by atoms with van der Waals surface area (Å²) >= 11 is 0. The molecule has 0 spiro atoms. The lowest BCUT2D eigenvalue weighted by Gasteiger charge is -2.18. The van der Waals surface area contributed by atoms with Gasteiger partial charge in [0.2, 0.25) is 0 Å². The molecule has 0 saturated carbocycles. The molecule has 0 nitrogen and oxygen atoms in total. The van der Waals surface area contributed by atoms with Gasteiger partial charge in [0.25, 0.3) is 0 Å². The SMILES string of the molecule is C[Si](C)(C)c1ccc2c(ccc3cc(-c4cccc5c(-c6cccc7c(-c8ccc9c(ccc%10cc([Si](C)(C)C)ccc%109)c8)cccc67)cccc45)ccc32)c1.c1ccc2c(c1)cc(-c1ccc(-c3ccc(-c4cc5ccccc5c5ccccc45)cc3)cc1)c1ccccc12.c1ccc2c(c1)cc(-c1ccc3ccc(-c4ccc5ccc(-c6cc7ccccc7c7ccccc67)cc5c4)cc3c1)c1ccccc12. The van der Waals surface area contributed by atoms with Crippen molar-refractivity contribution in [1.29, 1.82) is 0 Å². The van der Waals surface area contributed by atoms with Crippen LogP contribution in [0.4, 0.5) is 0 Å².